The van der Waals surface area contributed by atoms with Gasteiger partial charge >= 0.3 is 12.3 Å². The third kappa shape index (κ3) is 23.1. The van der Waals surface area contributed by atoms with Crippen molar-refractivity contribution < 1.29 is 50.3 Å². The fourth-order valence-corrected chi connectivity index (χ4v) is 4.18. The Morgan fingerprint density at radius 1 is 0.688 bits per heavy atom. The second kappa shape index (κ2) is 22.6. The van der Waals surface area contributed by atoms with Crippen molar-refractivity contribution in [2.75, 3.05) is 0 Å². The van der Waals surface area contributed by atoms with Crippen molar-refractivity contribution in [2.45, 2.75) is 116 Å². The Balaban J connectivity index is 0. The van der Waals surface area contributed by atoms with Crippen LogP contribution in [0.2, 0.25) is 0 Å². The van der Waals surface area contributed by atoms with Crippen molar-refractivity contribution in [3.63, 3.8) is 0 Å². The first-order valence-electron chi connectivity index (χ1n) is 11.6. The fraction of sp³-hybridized carbons (Fsp3) is 0.909. The molecule has 0 aromatic carbocycles. The Labute approximate surface area is 191 Å². The average molecular weight is 469 g/mol. The minimum atomic E-state index is -1.83. The highest BCUT2D eigenvalue weighted by Gasteiger charge is 2.22. The van der Waals surface area contributed by atoms with E-state index in [-0.39, 0.29) is 12.2 Å². The molecule has 0 radical (unpaired) electrons. The predicted octanol–water partition coefficient (Wildman–Crippen LogP) is 6.89. The van der Waals surface area contributed by atoms with E-state index in [1.165, 1.54) is 64.2 Å². The second-order valence-electron chi connectivity index (χ2n) is 8.37. The molecule has 2 rings (SSSR count). The summed E-state index contributed by atoms with van der Waals surface area (Å²) in [5.74, 6) is 1.60. The van der Waals surface area contributed by atoms with Crippen LogP contribution >= 0.6 is 0 Å². The molecule has 0 bridgehead atoms. The molecular weight excluding hydrogens is 424 g/mol. The van der Waals surface area contributed by atoms with Crippen molar-refractivity contribution in [1.82, 2.24) is 0 Å². The van der Waals surface area contributed by atoms with Crippen LogP contribution in [0.1, 0.15) is 104 Å². The van der Waals surface area contributed by atoms with E-state index in [2.05, 4.69) is 23.6 Å². The molecule has 0 amide bonds. The molecule has 0 aromatic heterocycles. The molecule has 6 N–H and O–H groups in total. The van der Waals surface area contributed by atoms with E-state index in [0.29, 0.717) is 0 Å². The number of hydrogen-bond acceptors (Lipinski definition) is 6. The summed E-state index contributed by atoms with van der Waals surface area (Å²) in [6, 6.07) is 0. The largest absolute Gasteiger partial charge is 0.503 e. The van der Waals surface area contributed by atoms with Crippen molar-refractivity contribution in [3.8, 4) is 0 Å². The van der Waals surface area contributed by atoms with E-state index >= 15 is 0 Å². The Hall–Kier alpha value is -1.62. The third-order valence-corrected chi connectivity index (χ3v) is 5.70. The summed E-state index contributed by atoms with van der Waals surface area (Å²) >= 11 is 0. The summed E-state index contributed by atoms with van der Waals surface area (Å²) in [7, 11) is 0. The summed E-state index contributed by atoms with van der Waals surface area (Å²) in [6.07, 6.45) is 13.7. The minimum absolute atomic E-state index is 0.126. The van der Waals surface area contributed by atoms with Gasteiger partial charge in [0, 0.05) is 0 Å². The first-order chi connectivity index (χ1) is 15.2. The molecule has 4 unspecified atom stereocenters. The molecule has 0 aliphatic heterocycles. The molecule has 0 spiro atoms. The van der Waals surface area contributed by atoms with Gasteiger partial charge in [-0.3, -0.25) is 10.5 Å². The minimum Gasteiger partial charge on any atom is -0.450 e. The molecule has 2 fully saturated rings. The lowest BCUT2D eigenvalue weighted by Gasteiger charge is -2.26. The molecule has 2 aliphatic carbocycles. The molecule has 0 saturated heterocycles. The molecular formula is C22H44O10. The van der Waals surface area contributed by atoms with Crippen LogP contribution in [-0.2, 0) is 9.78 Å². The molecule has 10 nitrogen and oxygen atoms in total. The van der Waals surface area contributed by atoms with E-state index in [9.17, 15) is 0 Å². The highest BCUT2D eigenvalue weighted by Crippen LogP contribution is 2.30. The summed E-state index contributed by atoms with van der Waals surface area (Å²) < 4.78 is 0. The second-order valence-corrected chi connectivity index (χ2v) is 8.37. The van der Waals surface area contributed by atoms with Gasteiger partial charge in [0.05, 0.1) is 12.2 Å². The van der Waals surface area contributed by atoms with Crippen molar-refractivity contribution in [3.05, 3.63) is 0 Å². The van der Waals surface area contributed by atoms with Gasteiger partial charge in [0.25, 0.3) is 0 Å². The standard InChI is InChI=1S/2C10H20O2.2CH2O3/c2*1-2-3-5-9-6-4-7-10(8-9)12-11;2*2-1(3)4/h2*9-11H,2-8H2,1H3;2*(H2,2,3,4). The number of unbranched alkanes of at least 4 members (excludes halogenated alkanes) is 2. The van der Waals surface area contributed by atoms with Gasteiger partial charge in [-0.25, -0.2) is 19.4 Å². The summed E-state index contributed by atoms with van der Waals surface area (Å²) in [4.78, 5) is 25.9. The summed E-state index contributed by atoms with van der Waals surface area (Å²) in [5, 5.41) is 45.0. The number of carbonyl (C=O) groups is 2. The maximum absolute atomic E-state index is 8.56. The van der Waals surface area contributed by atoms with Crippen molar-refractivity contribution in [1.29, 1.82) is 0 Å². The topological polar surface area (TPSA) is 174 Å². The molecule has 192 valence electrons. The first-order valence-corrected chi connectivity index (χ1v) is 11.6. The van der Waals surface area contributed by atoms with Gasteiger partial charge in [0.2, 0.25) is 0 Å². The molecule has 2 saturated carbocycles. The highest BCUT2D eigenvalue weighted by atomic mass is 17.1. The normalized spacial score (nSPS) is 24.4. The summed E-state index contributed by atoms with van der Waals surface area (Å²) in [6.45, 7) is 4.45. The van der Waals surface area contributed by atoms with Gasteiger partial charge in [-0.2, -0.15) is 0 Å². The summed E-state index contributed by atoms with van der Waals surface area (Å²) in [5.41, 5.74) is 0. The van der Waals surface area contributed by atoms with Crippen LogP contribution in [0.15, 0.2) is 0 Å². The quantitative estimate of drug-likeness (QED) is 0.162. The molecule has 0 aromatic rings. The fourth-order valence-electron chi connectivity index (χ4n) is 4.18. The van der Waals surface area contributed by atoms with Crippen LogP contribution in [-0.4, -0.2) is 55.5 Å². The Morgan fingerprint density at radius 3 is 1.25 bits per heavy atom. The van der Waals surface area contributed by atoms with Crippen LogP contribution in [0, 0.1) is 11.8 Å². The molecule has 2 aliphatic rings. The molecule has 10 heteroatoms. The zero-order valence-corrected chi connectivity index (χ0v) is 19.5. The van der Waals surface area contributed by atoms with Crippen LogP contribution in [0.3, 0.4) is 0 Å². The number of carboxylic acid groups (broad SMARTS) is 4. The lowest BCUT2D eigenvalue weighted by molar-refractivity contribution is -0.286. The van der Waals surface area contributed by atoms with Crippen molar-refractivity contribution in [2.24, 2.45) is 11.8 Å². The molecule has 4 atom stereocenters. The van der Waals surface area contributed by atoms with Crippen LogP contribution in [0.25, 0.3) is 0 Å². The Bertz CT molecular complexity index is 398. The third-order valence-electron chi connectivity index (χ3n) is 5.70. The van der Waals surface area contributed by atoms with Crippen LogP contribution in [0.4, 0.5) is 9.59 Å². The van der Waals surface area contributed by atoms with E-state index in [1.807, 2.05) is 0 Å². The van der Waals surface area contributed by atoms with Crippen molar-refractivity contribution >= 4 is 12.3 Å². The van der Waals surface area contributed by atoms with Gasteiger partial charge in [-0.05, 0) is 37.5 Å². The average Bonchev–Trinajstić information content (AvgIpc) is 2.76. The van der Waals surface area contributed by atoms with E-state index in [0.717, 1.165) is 37.5 Å². The molecule has 32 heavy (non-hydrogen) atoms. The predicted molar refractivity (Wildman–Crippen MR) is 119 cm³/mol. The van der Waals surface area contributed by atoms with Gasteiger partial charge in [-0.1, -0.05) is 78.1 Å². The zero-order valence-electron chi connectivity index (χ0n) is 19.5. The van der Waals surface area contributed by atoms with Crippen LogP contribution in [0.5, 0.6) is 0 Å². The van der Waals surface area contributed by atoms with E-state index in [4.69, 9.17) is 40.5 Å². The number of rotatable bonds is 8. The lowest BCUT2D eigenvalue weighted by Crippen LogP contribution is -2.21. The van der Waals surface area contributed by atoms with Gasteiger partial charge in [0.15, 0.2) is 0 Å². The van der Waals surface area contributed by atoms with Gasteiger partial charge in [-0.15, -0.1) is 0 Å². The maximum Gasteiger partial charge on any atom is 0.503 e. The van der Waals surface area contributed by atoms with E-state index in [1.54, 1.807) is 0 Å². The Kier molecular flexibility index (Phi) is 23.0. The number of hydrogen-bond donors (Lipinski definition) is 6. The highest BCUT2D eigenvalue weighted by molar-refractivity contribution is 5.53. The van der Waals surface area contributed by atoms with E-state index < -0.39 is 12.3 Å². The Morgan fingerprint density at radius 2 is 1.00 bits per heavy atom. The monoisotopic (exact) mass is 468 g/mol. The lowest BCUT2D eigenvalue weighted by atomic mass is 9.84. The van der Waals surface area contributed by atoms with Gasteiger partial charge < -0.3 is 20.4 Å². The maximum atomic E-state index is 8.56. The first kappa shape index (κ1) is 32.6. The molecule has 0 heterocycles. The van der Waals surface area contributed by atoms with Gasteiger partial charge in [0.1, 0.15) is 0 Å². The SMILES string of the molecule is CCCCC1CCCC(OO)C1.CCCCC1CCCC(OO)C1.O=C(O)O.O=C(O)O. The zero-order chi connectivity index (χ0) is 24.8. The smallest absolute Gasteiger partial charge is 0.450 e. The van der Waals surface area contributed by atoms with Crippen LogP contribution < -0.4 is 0 Å².